The minimum Gasteiger partial charge on any atom is -0.366 e. The highest BCUT2D eigenvalue weighted by Gasteiger charge is 2.26. The molecular formula is C17H15BrN2O2. The van der Waals surface area contributed by atoms with Gasteiger partial charge in [0.2, 0.25) is 5.91 Å². The van der Waals surface area contributed by atoms with Crippen LogP contribution in [-0.2, 0) is 6.42 Å². The van der Waals surface area contributed by atoms with Crippen molar-refractivity contribution >= 4 is 33.4 Å². The van der Waals surface area contributed by atoms with Crippen molar-refractivity contribution in [3.63, 3.8) is 0 Å². The van der Waals surface area contributed by atoms with Gasteiger partial charge in [0.15, 0.2) is 0 Å². The molecule has 0 saturated heterocycles. The maximum atomic E-state index is 12.8. The Kier molecular flexibility index (Phi) is 3.98. The number of carbonyl (C=O) groups is 2. The smallest absolute Gasteiger partial charge is 0.259 e. The number of halogens is 1. The fourth-order valence-corrected chi connectivity index (χ4v) is 3.30. The molecule has 2 aromatic rings. The normalized spacial score (nSPS) is 13.6. The van der Waals surface area contributed by atoms with Crippen LogP contribution >= 0.6 is 15.9 Å². The first kappa shape index (κ1) is 14.8. The van der Waals surface area contributed by atoms with Gasteiger partial charge in [0.05, 0.1) is 5.56 Å². The quantitative estimate of drug-likeness (QED) is 0.895. The second-order valence-electron chi connectivity index (χ2n) is 5.21. The van der Waals surface area contributed by atoms with E-state index in [1.807, 2.05) is 24.3 Å². The molecule has 112 valence electrons. The van der Waals surface area contributed by atoms with Gasteiger partial charge in [0, 0.05) is 22.3 Å². The Balaban J connectivity index is 2.06. The third kappa shape index (κ3) is 2.52. The lowest BCUT2D eigenvalue weighted by Gasteiger charge is -2.30. The molecule has 1 aliphatic heterocycles. The number of carbonyl (C=O) groups excluding carboxylic acids is 2. The second-order valence-corrected chi connectivity index (χ2v) is 6.06. The van der Waals surface area contributed by atoms with Crippen LogP contribution < -0.4 is 10.6 Å². The summed E-state index contributed by atoms with van der Waals surface area (Å²) in [4.78, 5) is 26.2. The molecule has 2 aromatic carbocycles. The molecule has 0 spiro atoms. The van der Waals surface area contributed by atoms with Crippen molar-refractivity contribution < 1.29 is 9.59 Å². The summed E-state index contributed by atoms with van der Waals surface area (Å²) < 4.78 is 0.762. The highest BCUT2D eigenvalue weighted by atomic mass is 79.9. The monoisotopic (exact) mass is 358 g/mol. The number of rotatable bonds is 2. The van der Waals surface area contributed by atoms with Crippen molar-refractivity contribution in [3.05, 3.63) is 63.6 Å². The first-order chi connectivity index (χ1) is 10.6. The van der Waals surface area contributed by atoms with E-state index in [9.17, 15) is 9.59 Å². The van der Waals surface area contributed by atoms with Gasteiger partial charge < -0.3 is 10.6 Å². The highest BCUT2D eigenvalue weighted by molar-refractivity contribution is 9.10. The Morgan fingerprint density at radius 1 is 1.05 bits per heavy atom. The fourth-order valence-electron chi connectivity index (χ4n) is 2.85. The fraction of sp³-hybridized carbons (Fsp3) is 0.176. The van der Waals surface area contributed by atoms with E-state index in [1.165, 1.54) is 0 Å². The zero-order chi connectivity index (χ0) is 15.7. The first-order valence-electron chi connectivity index (χ1n) is 7.07. The summed E-state index contributed by atoms with van der Waals surface area (Å²) in [7, 11) is 0. The highest BCUT2D eigenvalue weighted by Crippen LogP contribution is 2.32. The van der Waals surface area contributed by atoms with Gasteiger partial charge in [0.25, 0.3) is 5.91 Å². The van der Waals surface area contributed by atoms with Crippen LogP contribution in [0.1, 0.15) is 32.7 Å². The lowest BCUT2D eigenvalue weighted by molar-refractivity contribution is 0.0977. The van der Waals surface area contributed by atoms with Gasteiger partial charge in [-0.05, 0) is 58.6 Å². The van der Waals surface area contributed by atoms with Gasteiger partial charge in [-0.1, -0.05) is 18.2 Å². The van der Waals surface area contributed by atoms with E-state index in [1.54, 1.807) is 23.1 Å². The van der Waals surface area contributed by atoms with Crippen LogP contribution in [0.4, 0.5) is 5.69 Å². The van der Waals surface area contributed by atoms with E-state index in [2.05, 4.69) is 15.9 Å². The lowest BCUT2D eigenvalue weighted by Crippen LogP contribution is -2.36. The average Bonchev–Trinajstić information content (AvgIpc) is 2.53. The molecule has 0 atom stereocenters. The van der Waals surface area contributed by atoms with Crippen LogP contribution in [0, 0.1) is 0 Å². The Morgan fingerprint density at radius 3 is 2.50 bits per heavy atom. The Hall–Kier alpha value is -2.14. The zero-order valence-corrected chi connectivity index (χ0v) is 13.5. The van der Waals surface area contributed by atoms with E-state index in [0.29, 0.717) is 17.7 Å². The number of nitrogens with two attached hydrogens (primary N) is 1. The van der Waals surface area contributed by atoms with Crippen molar-refractivity contribution in [2.45, 2.75) is 12.8 Å². The molecular weight excluding hydrogens is 344 g/mol. The number of anilines is 1. The van der Waals surface area contributed by atoms with Crippen molar-refractivity contribution in [2.24, 2.45) is 5.73 Å². The molecule has 5 heteroatoms. The molecule has 0 radical (unpaired) electrons. The average molecular weight is 359 g/mol. The number of amides is 2. The van der Waals surface area contributed by atoms with Crippen LogP contribution in [0.25, 0.3) is 0 Å². The molecule has 1 aliphatic rings. The molecule has 0 saturated carbocycles. The summed E-state index contributed by atoms with van der Waals surface area (Å²) in [6.45, 7) is 0.634. The van der Waals surface area contributed by atoms with E-state index in [4.69, 9.17) is 5.73 Å². The molecule has 2 N–H and O–H groups in total. The maximum absolute atomic E-state index is 12.8. The number of hydrogen-bond donors (Lipinski definition) is 1. The molecule has 2 amide bonds. The molecule has 4 nitrogen and oxygen atoms in total. The van der Waals surface area contributed by atoms with Gasteiger partial charge >= 0.3 is 0 Å². The SMILES string of the molecule is NC(=O)c1cccc2c1CCCN2C(=O)c1ccccc1Br. The Morgan fingerprint density at radius 2 is 1.77 bits per heavy atom. The Bertz CT molecular complexity index is 758. The molecule has 1 heterocycles. The van der Waals surface area contributed by atoms with E-state index in [-0.39, 0.29) is 5.91 Å². The molecule has 22 heavy (non-hydrogen) atoms. The predicted octanol–water partition coefficient (Wildman–Crippen LogP) is 3.14. The largest absolute Gasteiger partial charge is 0.366 e. The van der Waals surface area contributed by atoms with Crippen LogP contribution in [0.2, 0.25) is 0 Å². The summed E-state index contributed by atoms with van der Waals surface area (Å²) in [6.07, 6.45) is 1.57. The lowest BCUT2D eigenvalue weighted by atomic mass is 9.95. The summed E-state index contributed by atoms with van der Waals surface area (Å²) in [5.41, 5.74) is 8.20. The minimum atomic E-state index is -0.452. The standard InChI is InChI=1S/C17H15BrN2O2/c18-14-8-2-1-5-13(14)17(22)20-10-4-7-11-12(16(19)21)6-3-9-15(11)20/h1-3,5-6,8-9H,4,7,10H2,(H2,19,21). The molecule has 0 bridgehead atoms. The third-order valence-electron chi connectivity index (χ3n) is 3.87. The summed E-state index contributed by atoms with van der Waals surface area (Å²) in [5.74, 6) is -0.526. The van der Waals surface area contributed by atoms with Crippen LogP contribution in [0.3, 0.4) is 0 Å². The van der Waals surface area contributed by atoms with Gasteiger partial charge in [-0.15, -0.1) is 0 Å². The number of primary amides is 1. The van der Waals surface area contributed by atoms with Gasteiger partial charge in [-0.25, -0.2) is 0 Å². The van der Waals surface area contributed by atoms with E-state index >= 15 is 0 Å². The van der Waals surface area contributed by atoms with Gasteiger partial charge in [-0.3, -0.25) is 9.59 Å². The minimum absolute atomic E-state index is 0.0740. The van der Waals surface area contributed by atoms with Crippen molar-refractivity contribution in [1.29, 1.82) is 0 Å². The molecule has 0 aromatic heterocycles. The zero-order valence-electron chi connectivity index (χ0n) is 11.9. The molecule has 0 unspecified atom stereocenters. The molecule has 3 rings (SSSR count). The van der Waals surface area contributed by atoms with Crippen LogP contribution in [-0.4, -0.2) is 18.4 Å². The summed E-state index contributed by atoms with van der Waals surface area (Å²) in [6, 6.07) is 12.7. The van der Waals surface area contributed by atoms with Gasteiger partial charge in [0.1, 0.15) is 0 Å². The predicted molar refractivity (Wildman–Crippen MR) is 89.1 cm³/mol. The number of benzene rings is 2. The molecule has 0 fully saturated rings. The van der Waals surface area contributed by atoms with Crippen molar-refractivity contribution in [2.75, 3.05) is 11.4 Å². The number of nitrogens with zero attached hydrogens (tertiary/aromatic N) is 1. The summed E-state index contributed by atoms with van der Waals surface area (Å²) in [5, 5.41) is 0. The van der Waals surface area contributed by atoms with Gasteiger partial charge in [-0.2, -0.15) is 0 Å². The van der Waals surface area contributed by atoms with Crippen LogP contribution in [0.5, 0.6) is 0 Å². The van der Waals surface area contributed by atoms with Crippen LogP contribution in [0.15, 0.2) is 46.9 Å². The van der Waals surface area contributed by atoms with E-state index < -0.39 is 5.91 Å². The second kappa shape index (κ2) is 5.93. The number of hydrogen-bond acceptors (Lipinski definition) is 2. The summed E-state index contributed by atoms with van der Waals surface area (Å²) >= 11 is 3.42. The topological polar surface area (TPSA) is 63.4 Å². The maximum Gasteiger partial charge on any atom is 0.259 e. The van der Waals surface area contributed by atoms with E-state index in [0.717, 1.165) is 28.6 Å². The third-order valence-corrected chi connectivity index (χ3v) is 4.56. The van der Waals surface area contributed by atoms with Crippen molar-refractivity contribution in [1.82, 2.24) is 0 Å². The van der Waals surface area contributed by atoms with Crippen molar-refractivity contribution in [3.8, 4) is 0 Å². The first-order valence-corrected chi connectivity index (χ1v) is 7.87. The molecule has 0 aliphatic carbocycles. The number of fused-ring (bicyclic) bond motifs is 1. The Labute approximate surface area is 137 Å².